The van der Waals surface area contributed by atoms with Crippen LogP contribution in [0.15, 0.2) is 24.3 Å². The summed E-state index contributed by atoms with van der Waals surface area (Å²) < 4.78 is 11.1. The predicted octanol–water partition coefficient (Wildman–Crippen LogP) is 2.13. The van der Waals surface area contributed by atoms with Crippen molar-refractivity contribution in [3.63, 3.8) is 0 Å². The maximum Gasteiger partial charge on any atom is 0.408 e. The highest BCUT2D eigenvalue weighted by Gasteiger charge is 2.46. The summed E-state index contributed by atoms with van der Waals surface area (Å²) in [7, 11) is 0. The van der Waals surface area contributed by atoms with Crippen LogP contribution in [-0.4, -0.2) is 77.0 Å². The number of amides is 4. The van der Waals surface area contributed by atoms with Crippen molar-refractivity contribution in [2.24, 2.45) is 0 Å². The summed E-state index contributed by atoms with van der Waals surface area (Å²) in [5, 5.41) is 5.78. The van der Waals surface area contributed by atoms with Gasteiger partial charge in [-0.25, -0.2) is 4.79 Å². The molecule has 2 N–H and O–H groups in total. The Labute approximate surface area is 211 Å². The van der Waals surface area contributed by atoms with Crippen LogP contribution in [-0.2, 0) is 19.1 Å². The molecule has 0 aromatic heterocycles. The largest absolute Gasteiger partial charge is 0.493 e. The van der Waals surface area contributed by atoms with Gasteiger partial charge in [0.2, 0.25) is 17.7 Å². The average molecular weight is 501 g/mol. The van der Waals surface area contributed by atoms with E-state index in [-0.39, 0.29) is 36.3 Å². The Morgan fingerprint density at radius 1 is 1.03 bits per heavy atom. The number of benzene rings is 1. The van der Waals surface area contributed by atoms with Crippen molar-refractivity contribution in [2.75, 3.05) is 19.7 Å². The summed E-state index contributed by atoms with van der Waals surface area (Å²) in [6.07, 6.45) is 1.66. The maximum absolute atomic E-state index is 13.8. The van der Waals surface area contributed by atoms with Gasteiger partial charge in [0.15, 0.2) is 0 Å². The summed E-state index contributed by atoms with van der Waals surface area (Å²) in [6.45, 7) is 7.63. The molecule has 0 bridgehead atoms. The van der Waals surface area contributed by atoms with E-state index in [2.05, 4.69) is 10.6 Å². The number of nitrogens with one attached hydrogen (secondary N) is 2. The fourth-order valence-corrected chi connectivity index (χ4v) is 5.23. The molecule has 4 amide bonds. The molecule has 3 aliphatic heterocycles. The molecule has 0 unspecified atom stereocenters. The van der Waals surface area contributed by atoms with Gasteiger partial charge in [-0.3, -0.25) is 14.4 Å². The Morgan fingerprint density at radius 2 is 1.78 bits per heavy atom. The molecule has 4 rings (SSSR count). The zero-order valence-corrected chi connectivity index (χ0v) is 21.4. The Hall–Kier alpha value is -3.30. The maximum atomic E-state index is 13.8. The van der Waals surface area contributed by atoms with Gasteiger partial charge in [0.05, 0.1) is 19.2 Å². The molecule has 2 saturated heterocycles. The smallest absolute Gasteiger partial charge is 0.408 e. The van der Waals surface area contributed by atoms with Gasteiger partial charge in [0.25, 0.3) is 0 Å². The molecule has 3 heterocycles. The molecule has 0 radical (unpaired) electrons. The van der Waals surface area contributed by atoms with Crippen molar-refractivity contribution in [3.05, 3.63) is 29.8 Å². The number of para-hydroxylation sites is 1. The second kappa shape index (κ2) is 10.4. The van der Waals surface area contributed by atoms with Gasteiger partial charge in [-0.1, -0.05) is 18.2 Å². The molecule has 0 spiro atoms. The lowest BCUT2D eigenvalue weighted by molar-refractivity contribution is -0.145. The Morgan fingerprint density at radius 3 is 2.50 bits per heavy atom. The predicted molar refractivity (Wildman–Crippen MR) is 131 cm³/mol. The highest BCUT2D eigenvalue weighted by molar-refractivity contribution is 5.93. The number of nitrogens with zero attached hydrogens (tertiary/aromatic N) is 2. The first-order chi connectivity index (χ1) is 17.0. The minimum absolute atomic E-state index is 0.0261. The van der Waals surface area contributed by atoms with E-state index in [4.69, 9.17) is 9.47 Å². The van der Waals surface area contributed by atoms with Gasteiger partial charge in [0.1, 0.15) is 23.4 Å². The fraction of sp³-hybridized carbons (Fsp3) is 0.615. The third kappa shape index (κ3) is 5.74. The lowest BCUT2D eigenvalue weighted by Crippen LogP contribution is -2.61. The summed E-state index contributed by atoms with van der Waals surface area (Å²) >= 11 is 0. The van der Waals surface area contributed by atoms with Crippen LogP contribution in [0.5, 0.6) is 5.75 Å². The van der Waals surface area contributed by atoms with E-state index in [0.29, 0.717) is 38.8 Å². The van der Waals surface area contributed by atoms with Gasteiger partial charge in [0, 0.05) is 31.5 Å². The highest BCUT2D eigenvalue weighted by atomic mass is 16.6. The number of hydrogen-bond donors (Lipinski definition) is 2. The first kappa shape index (κ1) is 25.8. The first-order valence-corrected chi connectivity index (χ1v) is 12.6. The minimum atomic E-state index is -1.01. The number of fused-ring (bicyclic) bond motifs is 2. The Balaban J connectivity index is 1.53. The highest BCUT2D eigenvalue weighted by Crippen LogP contribution is 2.34. The Bertz CT molecular complexity index is 1020. The van der Waals surface area contributed by atoms with Crippen molar-refractivity contribution in [3.8, 4) is 5.75 Å². The molecule has 1 aromatic carbocycles. The van der Waals surface area contributed by atoms with Gasteiger partial charge in [-0.2, -0.15) is 0 Å². The van der Waals surface area contributed by atoms with Crippen LogP contribution in [0.3, 0.4) is 0 Å². The number of alkyl carbamates (subject to hydrolysis) is 1. The van der Waals surface area contributed by atoms with E-state index in [1.807, 2.05) is 24.3 Å². The number of hydrogen-bond acceptors (Lipinski definition) is 6. The minimum Gasteiger partial charge on any atom is -0.493 e. The van der Waals surface area contributed by atoms with Crippen LogP contribution >= 0.6 is 0 Å². The summed E-state index contributed by atoms with van der Waals surface area (Å²) in [5.41, 5.74) is 0.181. The third-order valence-corrected chi connectivity index (χ3v) is 6.90. The van der Waals surface area contributed by atoms with Crippen LogP contribution in [0, 0.1) is 0 Å². The van der Waals surface area contributed by atoms with Crippen molar-refractivity contribution in [2.45, 2.75) is 83.1 Å². The number of carbonyl (C=O) groups is 4. The normalized spacial score (nSPS) is 26.1. The molecular formula is C26H36N4O6. The van der Waals surface area contributed by atoms with Gasteiger partial charge in [-0.05, 0) is 46.1 Å². The van der Waals surface area contributed by atoms with Crippen LogP contribution < -0.4 is 15.4 Å². The zero-order valence-electron chi connectivity index (χ0n) is 21.4. The molecule has 36 heavy (non-hydrogen) atoms. The molecule has 3 aliphatic rings. The van der Waals surface area contributed by atoms with Crippen LogP contribution in [0.1, 0.15) is 65.0 Å². The standard InChI is InChI=1S/C26H36N4O6/c1-16(31)29-13-11-17-9-10-21(23(32)27-19-12-14-35-22-8-6-5-7-18(19)22)30(17)24(33)20(15-29)28-25(34)36-26(2,3)4/h5-8,17,19-21H,9-15H2,1-4H3,(H,27,32)(H,28,34)/t17-,19-,20+,21+/m1/s1. The molecule has 10 nitrogen and oxygen atoms in total. The number of rotatable bonds is 3. The van der Waals surface area contributed by atoms with E-state index in [0.717, 1.165) is 11.3 Å². The average Bonchev–Trinajstić information content (AvgIpc) is 3.22. The second-order valence-electron chi connectivity index (χ2n) is 10.7. The summed E-state index contributed by atoms with van der Waals surface area (Å²) in [5.74, 6) is -0.00116. The van der Waals surface area contributed by atoms with E-state index in [1.54, 1.807) is 30.6 Å². The lowest BCUT2D eigenvalue weighted by atomic mass is 10.00. The fourth-order valence-electron chi connectivity index (χ4n) is 5.23. The lowest BCUT2D eigenvalue weighted by Gasteiger charge is -2.39. The van der Waals surface area contributed by atoms with Crippen LogP contribution in [0.2, 0.25) is 0 Å². The Kier molecular flexibility index (Phi) is 7.42. The molecule has 2 fully saturated rings. The number of carbonyl (C=O) groups excluding carboxylic acids is 4. The quantitative estimate of drug-likeness (QED) is 0.657. The monoisotopic (exact) mass is 500 g/mol. The first-order valence-electron chi connectivity index (χ1n) is 12.6. The number of ether oxygens (including phenoxy) is 2. The van der Waals surface area contributed by atoms with Crippen molar-refractivity contribution in [1.29, 1.82) is 0 Å². The van der Waals surface area contributed by atoms with Crippen molar-refractivity contribution in [1.82, 2.24) is 20.4 Å². The van der Waals surface area contributed by atoms with E-state index in [1.165, 1.54) is 6.92 Å². The molecule has 0 aliphatic carbocycles. The molecule has 0 saturated carbocycles. The van der Waals surface area contributed by atoms with Gasteiger partial charge < -0.3 is 29.9 Å². The van der Waals surface area contributed by atoms with E-state index < -0.39 is 23.8 Å². The zero-order chi connectivity index (χ0) is 26.0. The summed E-state index contributed by atoms with van der Waals surface area (Å²) in [4.78, 5) is 55.2. The van der Waals surface area contributed by atoms with Crippen molar-refractivity contribution >= 4 is 23.8 Å². The van der Waals surface area contributed by atoms with Crippen LogP contribution in [0.4, 0.5) is 4.79 Å². The van der Waals surface area contributed by atoms with Crippen LogP contribution in [0.25, 0.3) is 0 Å². The second-order valence-corrected chi connectivity index (χ2v) is 10.7. The molecule has 10 heteroatoms. The molecule has 196 valence electrons. The van der Waals surface area contributed by atoms with Crippen molar-refractivity contribution < 1.29 is 28.7 Å². The van der Waals surface area contributed by atoms with E-state index >= 15 is 0 Å². The van der Waals surface area contributed by atoms with Gasteiger partial charge >= 0.3 is 6.09 Å². The van der Waals surface area contributed by atoms with E-state index in [9.17, 15) is 19.2 Å². The molecular weight excluding hydrogens is 464 g/mol. The SMILES string of the molecule is CC(=O)N1CC[C@H]2CC[C@@H](C(=O)N[C@@H]3CCOc4ccccc43)N2C(=O)[C@@H](NC(=O)OC(C)(C)C)C1. The topological polar surface area (TPSA) is 117 Å². The molecule has 1 aromatic rings. The van der Waals surface area contributed by atoms with Gasteiger partial charge in [-0.15, -0.1) is 0 Å². The third-order valence-electron chi connectivity index (χ3n) is 6.90. The summed E-state index contributed by atoms with van der Waals surface area (Å²) in [6, 6.07) is 5.58. The molecule has 4 atom stereocenters.